The van der Waals surface area contributed by atoms with Gasteiger partial charge in [0.25, 0.3) is 0 Å². The van der Waals surface area contributed by atoms with Crippen molar-refractivity contribution in [1.29, 1.82) is 0 Å². The number of nitrogens with one attached hydrogen (secondary N) is 1. The predicted octanol–water partition coefficient (Wildman–Crippen LogP) is 11.5. The van der Waals surface area contributed by atoms with Gasteiger partial charge in [-0.1, -0.05) is 121 Å². The van der Waals surface area contributed by atoms with Gasteiger partial charge < -0.3 is 9.55 Å². The Bertz CT molecular complexity index is 2400. The predicted molar refractivity (Wildman–Crippen MR) is 206 cm³/mol. The van der Waals surface area contributed by atoms with Crippen LogP contribution in [0.1, 0.15) is 17.0 Å². The van der Waals surface area contributed by atoms with Gasteiger partial charge in [-0.3, -0.25) is 4.99 Å². The molecule has 0 saturated carbocycles. The van der Waals surface area contributed by atoms with E-state index >= 15 is 0 Å². The largest absolute Gasteiger partial charge is 0.354 e. The molecule has 4 heteroatoms. The van der Waals surface area contributed by atoms with Crippen molar-refractivity contribution in [2.75, 3.05) is 0 Å². The SMILES string of the molecule is Cn1c2ccc1c(-c1ccccc1)c1nc(c(-c3ccccc3)c3ccc([nH]3)c(-c3ccccc3)c3cc(c2-c2ccccc2)N=C3)C=C1. The minimum absolute atomic E-state index is 0.916. The number of aryl methyl sites for hydroxylation is 1. The van der Waals surface area contributed by atoms with Crippen LogP contribution < -0.4 is 0 Å². The summed E-state index contributed by atoms with van der Waals surface area (Å²) in [6, 6.07) is 53.3. The summed E-state index contributed by atoms with van der Waals surface area (Å²) in [6.07, 6.45) is 6.32. The Labute approximate surface area is 285 Å². The maximum Gasteiger partial charge on any atom is 0.0737 e. The van der Waals surface area contributed by atoms with Gasteiger partial charge in [0.15, 0.2) is 0 Å². The Morgan fingerprint density at radius 3 is 1.49 bits per heavy atom. The van der Waals surface area contributed by atoms with Crippen LogP contribution in [0.25, 0.3) is 78.7 Å². The van der Waals surface area contributed by atoms with Crippen molar-refractivity contribution in [2.24, 2.45) is 12.0 Å². The van der Waals surface area contributed by atoms with Crippen LogP contribution in [0, 0.1) is 0 Å². The molecule has 2 aliphatic rings. The molecule has 0 aliphatic carbocycles. The van der Waals surface area contributed by atoms with Crippen molar-refractivity contribution in [3.63, 3.8) is 0 Å². The van der Waals surface area contributed by atoms with Gasteiger partial charge >= 0.3 is 0 Å². The first kappa shape index (κ1) is 28.7. The average Bonchev–Trinajstić information content (AvgIpc) is 3.98. The number of hydrogen-bond acceptors (Lipinski definition) is 2. The second kappa shape index (κ2) is 11.9. The molecular formula is C45H32N4. The van der Waals surface area contributed by atoms with Gasteiger partial charge in [0.05, 0.1) is 28.1 Å². The maximum atomic E-state index is 5.40. The molecule has 0 radical (unpaired) electrons. The van der Waals surface area contributed by atoms with Gasteiger partial charge in [0.2, 0.25) is 0 Å². The van der Waals surface area contributed by atoms with Gasteiger partial charge in [-0.15, -0.1) is 0 Å². The van der Waals surface area contributed by atoms with Gasteiger partial charge in [-0.05, 0) is 64.7 Å². The van der Waals surface area contributed by atoms with Crippen LogP contribution in [0.4, 0.5) is 5.69 Å². The van der Waals surface area contributed by atoms with E-state index in [9.17, 15) is 0 Å². The van der Waals surface area contributed by atoms with Gasteiger partial charge in [-0.25, -0.2) is 4.98 Å². The molecule has 9 rings (SSSR count). The summed E-state index contributed by atoms with van der Waals surface area (Å²) in [5.41, 5.74) is 16.8. The Hall–Kier alpha value is -6.52. The summed E-state index contributed by atoms with van der Waals surface area (Å²) in [5, 5.41) is 0. The quantitative estimate of drug-likeness (QED) is 0.207. The average molecular weight is 629 g/mol. The third kappa shape index (κ3) is 5.02. The van der Waals surface area contributed by atoms with E-state index in [1.165, 1.54) is 0 Å². The lowest BCUT2D eigenvalue weighted by Crippen LogP contribution is -1.93. The first-order valence-electron chi connectivity index (χ1n) is 16.6. The van der Waals surface area contributed by atoms with Crippen molar-refractivity contribution in [3.05, 3.63) is 169 Å². The number of hydrogen-bond donors (Lipinski definition) is 1. The monoisotopic (exact) mass is 628 g/mol. The van der Waals surface area contributed by atoms with E-state index in [4.69, 9.17) is 9.98 Å². The fraction of sp³-hybridized carbons (Fsp3) is 0.0222. The van der Waals surface area contributed by atoms with Crippen molar-refractivity contribution in [3.8, 4) is 44.5 Å². The lowest BCUT2D eigenvalue weighted by atomic mass is 10.0. The summed E-state index contributed by atoms with van der Waals surface area (Å²) >= 11 is 0. The lowest BCUT2D eigenvalue weighted by Gasteiger charge is -2.10. The number of aromatic nitrogens is 3. The van der Waals surface area contributed by atoms with Crippen molar-refractivity contribution in [1.82, 2.24) is 14.5 Å². The molecule has 4 nitrogen and oxygen atoms in total. The molecule has 0 spiro atoms. The molecule has 5 heterocycles. The first-order valence-corrected chi connectivity index (χ1v) is 16.6. The number of H-pyrrole nitrogens is 1. The molecule has 232 valence electrons. The highest BCUT2D eigenvalue weighted by Crippen LogP contribution is 2.41. The highest BCUT2D eigenvalue weighted by molar-refractivity contribution is 6.05. The molecule has 0 amide bonds. The first-order chi connectivity index (χ1) is 24.2. The molecule has 2 aliphatic heterocycles. The molecule has 0 unspecified atom stereocenters. The van der Waals surface area contributed by atoms with E-state index in [0.717, 1.165) is 89.2 Å². The number of nitrogens with zero attached hydrogens (tertiary/aromatic N) is 3. The summed E-state index contributed by atoms with van der Waals surface area (Å²) in [6.45, 7) is 0. The summed E-state index contributed by atoms with van der Waals surface area (Å²) in [7, 11) is 2.15. The van der Waals surface area contributed by atoms with E-state index in [1.807, 2.05) is 6.21 Å². The molecule has 49 heavy (non-hydrogen) atoms. The Morgan fingerprint density at radius 1 is 0.469 bits per heavy atom. The van der Waals surface area contributed by atoms with Crippen LogP contribution in [0.3, 0.4) is 0 Å². The molecule has 3 aromatic heterocycles. The lowest BCUT2D eigenvalue weighted by molar-refractivity contribution is 1.01. The number of fused-ring (bicyclic) bond motifs is 8. The zero-order valence-corrected chi connectivity index (χ0v) is 27.0. The minimum atomic E-state index is 0.916. The molecule has 0 saturated heterocycles. The van der Waals surface area contributed by atoms with Crippen molar-refractivity contribution in [2.45, 2.75) is 0 Å². The van der Waals surface area contributed by atoms with Crippen LogP contribution in [0.2, 0.25) is 0 Å². The third-order valence-electron chi connectivity index (χ3n) is 9.44. The summed E-state index contributed by atoms with van der Waals surface area (Å²) in [5.74, 6) is 0. The number of rotatable bonds is 4. The molecule has 1 N–H and O–H groups in total. The molecule has 0 fully saturated rings. The summed E-state index contributed by atoms with van der Waals surface area (Å²) < 4.78 is 2.29. The smallest absolute Gasteiger partial charge is 0.0737 e. The van der Waals surface area contributed by atoms with E-state index in [1.54, 1.807) is 0 Å². The fourth-order valence-corrected chi connectivity index (χ4v) is 7.17. The zero-order valence-electron chi connectivity index (χ0n) is 27.0. The second-order valence-electron chi connectivity index (χ2n) is 12.4. The Morgan fingerprint density at radius 2 is 0.918 bits per heavy atom. The molecule has 0 atom stereocenters. The van der Waals surface area contributed by atoms with E-state index < -0.39 is 0 Å². The van der Waals surface area contributed by atoms with Crippen molar-refractivity contribution < 1.29 is 0 Å². The third-order valence-corrected chi connectivity index (χ3v) is 9.44. The van der Waals surface area contributed by atoms with Crippen LogP contribution in [-0.2, 0) is 7.05 Å². The molecule has 7 aromatic rings. The zero-order chi connectivity index (χ0) is 32.7. The van der Waals surface area contributed by atoms with E-state index in [2.05, 4.69) is 180 Å². The van der Waals surface area contributed by atoms with Crippen LogP contribution in [-0.4, -0.2) is 20.7 Å². The van der Waals surface area contributed by atoms with Gasteiger partial charge in [0, 0.05) is 52.1 Å². The standard InChI is InChI=1S/C45H32N4/c1-49-40-26-27-41(49)45(33-20-12-5-13-21-33)39-28-34(29-46-39)42(30-14-6-2-7-15-30)35-22-23-36(47-35)43(31-16-8-3-9-17-31)37-24-25-38(48-37)44(40)32-18-10-4-11-19-32/h2-29,47H,1H3. The highest BCUT2D eigenvalue weighted by Gasteiger charge is 2.19. The second-order valence-corrected chi connectivity index (χ2v) is 12.4. The maximum absolute atomic E-state index is 5.40. The number of aliphatic imine (C=N–C) groups is 1. The molecule has 4 aromatic carbocycles. The van der Waals surface area contributed by atoms with Crippen LogP contribution in [0.5, 0.6) is 0 Å². The molecular weight excluding hydrogens is 597 g/mol. The fourth-order valence-electron chi connectivity index (χ4n) is 7.17. The minimum Gasteiger partial charge on any atom is -0.354 e. The Kier molecular flexibility index (Phi) is 6.98. The number of aromatic amines is 1. The van der Waals surface area contributed by atoms with Crippen LogP contribution in [0.15, 0.2) is 157 Å². The van der Waals surface area contributed by atoms with Crippen LogP contribution >= 0.6 is 0 Å². The van der Waals surface area contributed by atoms with Gasteiger partial charge in [0.1, 0.15) is 0 Å². The Balaban J connectivity index is 1.51. The molecule has 8 bridgehead atoms. The number of benzene rings is 4. The van der Waals surface area contributed by atoms with Crippen molar-refractivity contribution >= 4 is 46.1 Å². The van der Waals surface area contributed by atoms with E-state index in [0.29, 0.717) is 0 Å². The van der Waals surface area contributed by atoms with E-state index in [-0.39, 0.29) is 0 Å². The summed E-state index contributed by atoms with van der Waals surface area (Å²) in [4.78, 5) is 14.3. The van der Waals surface area contributed by atoms with Gasteiger partial charge in [-0.2, -0.15) is 0 Å². The normalized spacial score (nSPS) is 12.0. The topological polar surface area (TPSA) is 46.0 Å². The highest BCUT2D eigenvalue weighted by atomic mass is 14.9.